The average molecular weight is 416 g/mol. The summed E-state index contributed by atoms with van der Waals surface area (Å²) in [6.07, 6.45) is 0. The third-order valence-electron chi connectivity index (χ3n) is 4.77. The van der Waals surface area contributed by atoms with Gasteiger partial charge in [0.2, 0.25) is 0 Å². The van der Waals surface area contributed by atoms with E-state index < -0.39 is 0 Å². The van der Waals surface area contributed by atoms with E-state index in [1.54, 1.807) is 19.1 Å². The molecule has 1 N–H and O–H groups in total. The first-order valence-corrected chi connectivity index (χ1v) is 10.1. The van der Waals surface area contributed by atoms with Crippen molar-refractivity contribution in [3.63, 3.8) is 0 Å². The molecule has 0 aliphatic carbocycles. The maximum atomic E-state index is 12.0. The molecule has 0 spiro atoms. The molecular formula is C24H21N3O2S. The first-order valence-electron chi connectivity index (χ1n) is 9.73. The Morgan fingerprint density at radius 1 is 1.03 bits per heavy atom. The smallest absolute Gasteiger partial charge is 0.338 e. The molecule has 0 atom stereocenters. The normalized spacial score (nSPS) is 13.8. The van der Waals surface area contributed by atoms with Crippen LogP contribution in [0.5, 0.6) is 0 Å². The summed E-state index contributed by atoms with van der Waals surface area (Å²) in [4.78, 5) is 18.8. The molecule has 1 heterocycles. The Morgan fingerprint density at radius 3 is 2.47 bits per heavy atom. The highest BCUT2D eigenvalue weighted by Crippen LogP contribution is 2.29. The van der Waals surface area contributed by atoms with E-state index in [0.29, 0.717) is 23.8 Å². The standard InChI is InChI=1S/C24H21N3O2S/c1-2-29-23(28)17-12-14-20(15-13-17)27-16-18-8-6-7-11-21(18)22(27)26-24(30)25-19-9-4-3-5-10-19/h3-15H,2,16H2,1H3,(H,25,30). The van der Waals surface area contributed by atoms with Crippen LogP contribution in [0, 0.1) is 0 Å². The van der Waals surface area contributed by atoms with Crippen LogP contribution in [0.15, 0.2) is 83.9 Å². The Kier molecular flexibility index (Phi) is 5.86. The Balaban J connectivity index is 1.63. The molecule has 0 fully saturated rings. The van der Waals surface area contributed by atoms with Crippen LogP contribution in [0.2, 0.25) is 0 Å². The number of hydrogen-bond donors (Lipinski definition) is 1. The van der Waals surface area contributed by atoms with Gasteiger partial charge in [-0.05, 0) is 61.1 Å². The van der Waals surface area contributed by atoms with Crippen LogP contribution in [-0.4, -0.2) is 23.5 Å². The van der Waals surface area contributed by atoms with Crippen molar-refractivity contribution in [2.45, 2.75) is 13.5 Å². The van der Waals surface area contributed by atoms with Gasteiger partial charge in [0.25, 0.3) is 0 Å². The number of carbonyl (C=O) groups excluding carboxylic acids is 1. The first kappa shape index (κ1) is 19.8. The maximum Gasteiger partial charge on any atom is 0.338 e. The number of carbonyl (C=O) groups is 1. The van der Waals surface area contributed by atoms with Gasteiger partial charge < -0.3 is 15.0 Å². The number of hydrogen-bond acceptors (Lipinski definition) is 3. The third-order valence-corrected chi connectivity index (χ3v) is 4.96. The minimum atomic E-state index is -0.323. The predicted octanol–water partition coefficient (Wildman–Crippen LogP) is 5.03. The van der Waals surface area contributed by atoms with Gasteiger partial charge in [0.15, 0.2) is 5.11 Å². The number of benzene rings is 3. The predicted molar refractivity (Wildman–Crippen MR) is 124 cm³/mol. The van der Waals surface area contributed by atoms with Gasteiger partial charge in [-0.1, -0.05) is 42.5 Å². The van der Waals surface area contributed by atoms with Crippen molar-refractivity contribution in [2.75, 3.05) is 16.8 Å². The molecule has 150 valence electrons. The lowest BCUT2D eigenvalue weighted by atomic mass is 10.1. The van der Waals surface area contributed by atoms with Gasteiger partial charge in [-0.15, -0.1) is 0 Å². The van der Waals surface area contributed by atoms with E-state index in [-0.39, 0.29) is 5.97 Å². The molecule has 3 aromatic rings. The van der Waals surface area contributed by atoms with E-state index in [2.05, 4.69) is 16.3 Å². The highest BCUT2D eigenvalue weighted by atomic mass is 32.1. The number of aliphatic imine (C=N–C) groups is 1. The largest absolute Gasteiger partial charge is 0.462 e. The highest BCUT2D eigenvalue weighted by Gasteiger charge is 2.27. The summed E-state index contributed by atoms with van der Waals surface area (Å²) in [5.74, 6) is 0.457. The molecule has 0 bridgehead atoms. The molecule has 3 aromatic carbocycles. The fourth-order valence-corrected chi connectivity index (χ4v) is 3.57. The SMILES string of the molecule is CCOC(=O)c1ccc(N2Cc3ccccc3C2=NC(=S)Nc2ccccc2)cc1. The van der Waals surface area contributed by atoms with Crippen LogP contribution in [0.1, 0.15) is 28.4 Å². The third kappa shape index (κ3) is 4.23. The van der Waals surface area contributed by atoms with Gasteiger partial charge in [-0.25, -0.2) is 9.79 Å². The van der Waals surface area contributed by atoms with Crippen LogP contribution in [0.25, 0.3) is 0 Å². The number of thiocarbonyl (C=S) groups is 1. The number of nitrogens with zero attached hydrogens (tertiary/aromatic N) is 2. The van der Waals surface area contributed by atoms with E-state index in [4.69, 9.17) is 21.9 Å². The Morgan fingerprint density at radius 2 is 1.73 bits per heavy atom. The molecular weight excluding hydrogens is 394 g/mol. The van der Waals surface area contributed by atoms with Crippen molar-refractivity contribution >= 4 is 40.5 Å². The molecule has 0 aromatic heterocycles. The lowest BCUT2D eigenvalue weighted by molar-refractivity contribution is 0.0526. The van der Waals surface area contributed by atoms with Gasteiger partial charge in [0.05, 0.1) is 18.7 Å². The maximum absolute atomic E-state index is 12.0. The molecule has 1 aliphatic heterocycles. The summed E-state index contributed by atoms with van der Waals surface area (Å²) in [5, 5.41) is 3.56. The molecule has 0 radical (unpaired) electrons. The van der Waals surface area contributed by atoms with E-state index in [1.165, 1.54) is 5.56 Å². The monoisotopic (exact) mass is 415 g/mol. The highest BCUT2D eigenvalue weighted by molar-refractivity contribution is 7.80. The summed E-state index contributed by atoms with van der Waals surface area (Å²) in [5.41, 5.74) is 4.57. The number of ether oxygens (including phenoxy) is 1. The van der Waals surface area contributed by atoms with Crippen LogP contribution >= 0.6 is 12.2 Å². The number of para-hydroxylation sites is 1. The van der Waals surface area contributed by atoms with Crippen LogP contribution in [-0.2, 0) is 11.3 Å². The molecule has 6 heteroatoms. The second-order valence-electron chi connectivity index (χ2n) is 6.74. The second-order valence-corrected chi connectivity index (χ2v) is 7.13. The number of anilines is 2. The Bertz CT molecular complexity index is 1090. The van der Waals surface area contributed by atoms with Crippen molar-refractivity contribution in [1.82, 2.24) is 0 Å². The van der Waals surface area contributed by atoms with Crippen molar-refractivity contribution in [1.29, 1.82) is 0 Å². The van der Waals surface area contributed by atoms with Crippen molar-refractivity contribution in [3.8, 4) is 0 Å². The fraction of sp³-hybridized carbons (Fsp3) is 0.125. The van der Waals surface area contributed by atoms with Gasteiger partial charge in [0, 0.05) is 16.9 Å². The number of rotatable bonds is 4. The van der Waals surface area contributed by atoms with Gasteiger partial charge in [-0.2, -0.15) is 0 Å². The molecule has 0 unspecified atom stereocenters. The number of esters is 1. The van der Waals surface area contributed by atoms with Crippen molar-refractivity contribution in [3.05, 3.63) is 95.6 Å². The summed E-state index contributed by atoms with van der Waals surface area (Å²) >= 11 is 5.50. The Labute approximate surface area is 181 Å². The summed E-state index contributed by atoms with van der Waals surface area (Å²) in [6.45, 7) is 2.83. The lowest BCUT2D eigenvalue weighted by Crippen LogP contribution is -2.26. The number of nitrogens with one attached hydrogen (secondary N) is 1. The minimum Gasteiger partial charge on any atom is -0.462 e. The van der Waals surface area contributed by atoms with Crippen molar-refractivity contribution < 1.29 is 9.53 Å². The topological polar surface area (TPSA) is 53.9 Å². The number of fused-ring (bicyclic) bond motifs is 1. The van der Waals surface area contributed by atoms with Crippen LogP contribution in [0.3, 0.4) is 0 Å². The van der Waals surface area contributed by atoms with E-state index in [9.17, 15) is 4.79 Å². The molecule has 5 nitrogen and oxygen atoms in total. The summed E-state index contributed by atoms with van der Waals surface area (Å²) < 4.78 is 5.07. The summed E-state index contributed by atoms with van der Waals surface area (Å²) in [7, 11) is 0. The molecule has 1 aliphatic rings. The molecule has 30 heavy (non-hydrogen) atoms. The zero-order chi connectivity index (χ0) is 20.9. The van der Waals surface area contributed by atoms with Crippen LogP contribution in [0.4, 0.5) is 11.4 Å². The second kappa shape index (κ2) is 8.88. The van der Waals surface area contributed by atoms with E-state index in [1.807, 2.05) is 60.7 Å². The zero-order valence-corrected chi connectivity index (χ0v) is 17.4. The average Bonchev–Trinajstić information content (AvgIpc) is 3.13. The van der Waals surface area contributed by atoms with Gasteiger partial charge in [0.1, 0.15) is 5.84 Å². The van der Waals surface area contributed by atoms with Crippen molar-refractivity contribution in [2.24, 2.45) is 4.99 Å². The molecule has 0 amide bonds. The quantitative estimate of drug-likeness (QED) is 0.479. The van der Waals surface area contributed by atoms with Crippen LogP contribution < -0.4 is 10.2 Å². The summed E-state index contributed by atoms with van der Waals surface area (Å²) in [6, 6.07) is 25.2. The molecule has 0 saturated heterocycles. The van der Waals surface area contributed by atoms with Gasteiger partial charge >= 0.3 is 5.97 Å². The van der Waals surface area contributed by atoms with E-state index >= 15 is 0 Å². The minimum absolute atomic E-state index is 0.323. The zero-order valence-electron chi connectivity index (χ0n) is 16.5. The Hall–Kier alpha value is -3.51. The van der Waals surface area contributed by atoms with Gasteiger partial charge in [-0.3, -0.25) is 0 Å². The lowest BCUT2D eigenvalue weighted by Gasteiger charge is -2.20. The first-order chi connectivity index (χ1) is 14.7. The fourth-order valence-electron chi connectivity index (χ4n) is 3.36. The molecule has 4 rings (SSSR count). The van der Waals surface area contributed by atoms with E-state index in [0.717, 1.165) is 22.8 Å². The molecule has 0 saturated carbocycles. The number of amidine groups is 1.